The lowest BCUT2D eigenvalue weighted by atomic mass is 9.70. The molecule has 2 bridgehead atoms. The van der Waals surface area contributed by atoms with Crippen LogP contribution in [0.4, 0.5) is 0 Å². The highest BCUT2D eigenvalue weighted by atomic mass is 16.5. The number of amides is 2. The highest BCUT2D eigenvalue weighted by Crippen LogP contribution is 2.59. The molecule has 3 aliphatic rings. The normalized spacial score (nSPS) is 34.6. The molecule has 156 valence electrons. The number of carbonyl (C=O) groups excluding carboxylic acids is 2. The van der Waals surface area contributed by atoms with E-state index >= 15 is 0 Å². The Hall–Kier alpha value is -1.93. The van der Waals surface area contributed by atoms with Crippen molar-refractivity contribution >= 4 is 17.8 Å². The third-order valence-corrected chi connectivity index (χ3v) is 6.56. The first-order chi connectivity index (χ1) is 13.2. The highest BCUT2D eigenvalue weighted by Gasteiger charge is 2.75. The molecule has 3 rings (SSSR count). The second-order valence-electron chi connectivity index (χ2n) is 8.26. The van der Waals surface area contributed by atoms with Gasteiger partial charge in [-0.1, -0.05) is 13.0 Å². The van der Waals surface area contributed by atoms with Gasteiger partial charge in [0.15, 0.2) is 0 Å². The van der Waals surface area contributed by atoms with Crippen LogP contribution in [0.2, 0.25) is 0 Å². The van der Waals surface area contributed by atoms with Gasteiger partial charge in [-0.25, -0.2) is 0 Å². The van der Waals surface area contributed by atoms with Crippen LogP contribution in [-0.2, 0) is 19.1 Å². The number of carbonyl (C=O) groups is 3. The Balaban J connectivity index is 2.10. The molecule has 8 heteroatoms. The largest absolute Gasteiger partial charge is 0.481 e. The number of carboxylic acid groups (broad SMARTS) is 1. The first-order valence-corrected chi connectivity index (χ1v) is 10.00. The summed E-state index contributed by atoms with van der Waals surface area (Å²) in [6.07, 6.45) is 2.51. The number of fused-ring (bicyclic) bond motifs is 1. The molecule has 0 aromatic rings. The molecular formula is C20H30N2O6. The van der Waals surface area contributed by atoms with Crippen LogP contribution in [0.3, 0.4) is 0 Å². The fourth-order valence-corrected chi connectivity index (χ4v) is 5.31. The van der Waals surface area contributed by atoms with Gasteiger partial charge in [-0.3, -0.25) is 14.4 Å². The lowest BCUT2D eigenvalue weighted by Gasteiger charge is -2.40. The van der Waals surface area contributed by atoms with E-state index in [0.717, 1.165) is 0 Å². The van der Waals surface area contributed by atoms with E-state index in [1.54, 1.807) is 11.0 Å². The minimum absolute atomic E-state index is 0.124. The molecule has 3 heterocycles. The van der Waals surface area contributed by atoms with Crippen LogP contribution in [0.1, 0.15) is 40.0 Å². The minimum Gasteiger partial charge on any atom is -0.481 e. The zero-order valence-corrected chi connectivity index (χ0v) is 16.7. The molecule has 3 aliphatic heterocycles. The summed E-state index contributed by atoms with van der Waals surface area (Å²) in [6.45, 7) is 9.34. The van der Waals surface area contributed by atoms with Crippen molar-refractivity contribution in [1.29, 1.82) is 0 Å². The average molecular weight is 394 g/mol. The van der Waals surface area contributed by atoms with Crippen molar-refractivity contribution in [3.8, 4) is 0 Å². The summed E-state index contributed by atoms with van der Waals surface area (Å²) in [6, 6.07) is -1.61. The molecule has 3 saturated heterocycles. The minimum atomic E-state index is -1.14. The smallest absolute Gasteiger partial charge is 0.310 e. The van der Waals surface area contributed by atoms with Crippen LogP contribution < -0.4 is 0 Å². The molecule has 0 aromatic carbocycles. The van der Waals surface area contributed by atoms with Gasteiger partial charge < -0.3 is 24.7 Å². The zero-order valence-electron chi connectivity index (χ0n) is 16.7. The van der Waals surface area contributed by atoms with Crippen molar-refractivity contribution in [2.75, 3.05) is 13.2 Å². The lowest BCUT2D eigenvalue weighted by molar-refractivity contribution is -0.154. The molecule has 8 nitrogen and oxygen atoms in total. The van der Waals surface area contributed by atoms with Gasteiger partial charge in [-0.15, -0.1) is 6.58 Å². The standard InChI is InChI=1S/C20H30N2O6/c1-5-9-21(11(3)4)18(25)16-20-8-7-13(28-20)14(19(26)27)15(20)17(24)22(16)12(6-2)10-23/h5,11-16,23H,1,6-10H2,2-4H3,(H,26,27)/t12-,13-,14+,15-,16?,20?/m0/s1. The Bertz CT molecular complexity index is 676. The SMILES string of the molecule is C=CCN(C(=O)C1N([C@@H](CC)CO)C(=O)[C@@H]2[C@H](C(=O)O)[C@@H]3CCC12O3)C(C)C. The maximum Gasteiger partial charge on any atom is 0.310 e. The summed E-state index contributed by atoms with van der Waals surface area (Å²) < 4.78 is 6.14. The van der Waals surface area contributed by atoms with E-state index in [0.29, 0.717) is 25.8 Å². The average Bonchev–Trinajstić information content (AvgIpc) is 3.28. The van der Waals surface area contributed by atoms with Crippen LogP contribution in [0.5, 0.6) is 0 Å². The van der Waals surface area contributed by atoms with Gasteiger partial charge in [0, 0.05) is 12.6 Å². The Morgan fingerprint density at radius 3 is 2.64 bits per heavy atom. The van der Waals surface area contributed by atoms with E-state index in [9.17, 15) is 24.6 Å². The highest BCUT2D eigenvalue weighted by molar-refractivity contribution is 5.98. The molecule has 0 saturated carbocycles. The number of hydrogen-bond donors (Lipinski definition) is 2. The van der Waals surface area contributed by atoms with Crippen molar-refractivity contribution < 1.29 is 29.3 Å². The third-order valence-electron chi connectivity index (χ3n) is 6.56. The lowest BCUT2D eigenvalue weighted by Crippen LogP contribution is -2.59. The van der Waals surface area contributed by atoms with Gasteiger partial charge in [-0.05, 0) is 33.1 Å². The number of hydrogen-bond acceptors (Lipinski definition) is 5. The molecule has 0 radical (unpaired) electrons. The fourth-order valence-electron chi connectivity index (χ4n) is 5.31. The summed E-state index contributed by atoms with van der Waals surface area (Å²) in [7, 11) is 0. The Labute approximate surface area is 165 Å². The van der Waals surface area contributed by atoms with Crippen LogP contribution in [0.25, 0.3) is 0 Å². The van der Waals surface area contributed by atoms with E-state index in [2.05, 4.69) is 6.58 Å². The monoisotopic (exact) mass is 394 g/mol. The number of aliphatic hydroxyl groups is 1. The van der Waals surface area contributed by atoms with Crippen LogP contribution >= 0.6 is 0 Å². The van der Waals surface area contributed by atoms with Crippen molar-refractivity contribution in [2.24, 2.45) is 11.8 Å². The van der Waals surface area contributed by atoms with Crippen LogP contribution in [0.15, 0.2) is 12.7 Å². The summed E-state index contributed by atoms with van der Waals surface area (Å²) in [4.78, 5) is 42.0. The molecule has 2 amide bonds. The topological polar surface area (TPSA) is 107 Å². The van der Waals surface area contributed by atoms with Gasteiger partial charge in [-0.2, -0.15) is 0 Å². The van der Waals surface area contributed by atoms with E-state index in [-0.39, 0.29) is 18.6 Å². The second-order valence-corrected chi connectivity index (χ2v) is 8.26. The van der Waals surface area contributed by atoms with Crippen LogP contribution in [-0.4, -0.2) is 80.8 Å². The first kappa shape index (κ1) is 20.8. The van der Waals surface area contributed by atoms with E-state index in [4.69, 9.17) is 4.74 Å². The van der Waals surface area contributed by atoms with Gasteiger partial charge in [0.05, 0.1) is 30.6 Å². The molecule has 3 fully saturated rings. The van der Waals surface area contributed by atoms with Gasteiger partial charge in [0.2, 0.25) is 11.8 Å². The van der Waals surface area contributed by atoms with Crippen molar-refractivity contribution in [3.63, 3.8) is 0 Å². The van der Waals surface area contributed by atoms with Crippen molar-refractivity contribution in [1.82, 2.24) is 9.80 Å². The van der Waals surface area contributed by atoms with Crippen molar-refractivity contribution in [3.05, 3.63) is 12.7 Å². The number of carboxylic acids is 1. The molecule has 0 aliphatic carbocycles. The first-order valence-electron chi connectivity index (χ1n) is 10.00. The summed E-state index contributed by atoms with van der Waals surface area (Å²) in [5, 5.41) is 19.6. The van der Waals surface area contributed by atoms with Gasteiger partial charge in [0.25, 0.3) is 0 Å². The van der Waals surface area contributed by atoms with Crippen molar-refractivity contribution in [2.45, 2.75) is 69.9 Å². The predicted molar refractivity (Wildman–Crippen MR) is 100 cm³/mol. The molecule has 2 N–H and O–H groups in total. The molecule has 1 spiro atoms. The Morgan fingerprint density at radius 2 is 2.14 bits per heavy atom. The van der Waals surface area contributed by atoms with Crippen LogP contribution in [0, 0.1) is 11.8 Å². The van der Waals surface area contributed by atoms with Gasteiger partial charge in [0.1, 0.15) is 11.6 Å². The maximum absolute atomic E-state index is 13.6. The quantitative estimate of drug-likeness (QED) is 0.585. The number of aliphatic hydroxyl groups excluding tert-OH is 1. The second kappa shape index (κ2) is 7.48. The number of aliphatic carboxylic acids is 1. The summed E-state index contributed by atoms with van der Waals surface area (Å²) in [5.41, 5.74) is -1.14. The third kappa shape index (κ3) is 2.76. The van der Waals surface area contributed by atoms with Gasteiger partial charge >= 0.3 is 5.97 Å². The molecule has 28 heavy (non-hydrogen) atoms. The Morgan fingerprint density at radius 1 is 1.46 bits per heavy atom. The number of rotatable bonds is 8. The molecule has 0 aromatic heterocycles. The summed E-state index contributed by atoms with van der Waals surface area (Å²) >= 11 is 0. The fraction of sp³-hybridized carbons (Fsp3) is 0.750. The number of likely N-dealkylation sites (tertiary alicyclic amines) is 1. The van der Waals surface area contributed by atoms with E-state index < -0.39 is 47.5 Å². The molecule has 6 atom stereocenters. The van der Waals surface area contributed by atoms with E-state index in [1.165, 1.54) is 4.90 Å². The molecule has 2 unspecified atom stereocenters. The zero-order chi connectivity index (χ0) is 20.8. The predicted octanol–water partition coefficient (Wildman–Crippen LogP) is 0.640. The summed E-state index contributed by atoms with van der Waals surface area (Å²) in [5.74, 6) is -3.58. The Kier molecular flexibility index (Phi) is 5.55. The molecular weight excluding hydrogens is 364 g/mol. The number of nitrogens with zero attached hydrogens (tertiary/aromatic N) is 2. The number of ether oxygens (including phenoxy) is 1. The van der Waals surface area contributed by atoms with E-state index in [1.807, 2.05) is 20.8 Å². The maximum atomic E-state index is 13.6.